The van der Waals surface area contributed by atoms with E-state index in [-0.39, 0.29) is 30.3 Å². The van der Waals surface area contributed by atoms with Gasteiger partial charge in [-0.1, -0.05) is 18.2 Å². The number of nitrogens with zero attached hydrogens (tertiary/aromatic N) is 3. The maximum atomic E-state index is 13.8. The summed E-state index contributed by atoms with van der Waals surface area (Å²) in [5, 5.41) is 3.75. The summed E-state index contributed by atoms with van der Waals surface area (Å²) in [6, 6.07) is 12.4. The monoisotopic (exact) mass is 471 g/mol. The van der Waals surface area contributed by atoms with Gasteiger partial charge in [0.1, 0.15) is 17.9 Å². The Bertz CT molecular complexity index is 1400. The van der Waals surface area contributed by atoms with E-state index in [1.807, 2.05) is 0 Å². The van der Waals surface area contributed by atoms with Gasteiger partial charge in [-0.05, 0) is 35.9 Å². The summed E-state index contributed by atoms with van der Waals surface area (Å²) in [6.07, 6.45) is -3.75. The molecule has 0 unspecified atom stereocenters. The van der Waals surface area contributed by atoms with Crippen molar-refractivity contribution in [1.29, 1.82) is 0 Å². The third-order valence-corrected chi connectivity index (χ3v) is 5.17. The van der Waals surface area contributed by atoms with Crippen LogP contribution < -0.4 is 14.2 Å². The molecule has 2 aromatic carbocycles. The Labute approximate surface area is 190 Å². The van der Waals surface area contributed by atoms with Gasteiger partial charge in [-0.2, -0.15) is 18.3 Å². The second-order valence-corrected chi connectivity index (χ2v) is 7.28. The number of halogens is 3. The number of carbonyl (C=O) groups excluding carboxylic acids is 1. The van der Waals surface area contributed by atoms with E-state index >= 15 is 0 Å². The summed E-state index contributed by atoms with van der Waals surface area (Å²) in [6.45, 7) is -0.0339. The van der Waals surface area contributed by atoms with Gasteiger partial charge in [0.15, 0.2) is 22.8 Å². The number of aromatic nitrogens is 3. The molecule has 5 rings (SSSR count). The summed E-state index contributed by atoms with van der Waals surface area (Å²) in [5.74, 6) is 0.553. The van der Waals surface area contributed by atoms with Gasteiger partial charge in [-0.3, -0.25) is 0 Å². The van der Waals surface area contributed by atoms with E-state index in [1.54, 1.807) is 42.5 Å². The molecule has 3 heterocycles. The van der Waals surface area contributed by atoms with Crippen molar-refractivity contribution in [3.8, 4) is 28.5 Å². The first-order valence-corrected chi connectivity index (χ1v) is 10.00. The highest BCUT2D eigenvalue weighted by molar-refractivity contribution is 5.96. The molecule has 174 valence electrons. The van der Waals surface area contributed by atoms with Gasteiger partial charge in [0, 0.05) is 5.56 Å². The highest BCUT2D eigenvalue weighted by Gasteiger charge is 2.36. The molecule has 0 aliphatic carbocycles. The van der Waals surface area contributed by atoms with Crippen molar-refractivity contribution >= 4 is 11.6 Å². The quantitative estimate of drug-likeness (QED) is 0.396. The lowest BCUT2D eigenvalue weighted by Crippen LogP contribution is -2.14. The van der Waals surface area contributed by atoms with Gasteiger partial charge in [0.25, 0.3) is 0 Å². The van der Waals surface area contributed by atoms with E-state index < -0.39 is 17.8 Å². The number of methoxy groups -OCH3 is 1. The standard InChI is InChI=1S/C23H16F3N3O5/c1-31-17-5-3-2-4-14(17)16-9-20(23(24,25)26)29-21(28-16)15(10-27-29)22(30)32-11-13-6-7-18-19(8-13)34-12-33-18/h2-10H,11-12H2,1H3. The largest absolute Gasteiger partial charge is 0.496 e. The van der Waals surface area contributed by atoms with Crippen molar-refractivity contribution in [2.75, 3.05) is 13.9 Å². The lowest BCUT2D eigenvalue weighted by atomic mass is 10.1. The number of ether oxygens (including phenoxy) is 4. The number of benzene rings is 2. The van der Waals surface area contributed by atoms with Crippen LogP contribution in [0.1, 0.15) is 21.6 Å². The number of para-hydroxylation sites is 1. The zero-order chi connectivity index (χ0) is 23.9. The smallest absolute Gasteiger partial charge is 0.433 e. The van der Waals surface area contributed by atoms with Crippen LogP contribution in [0.5, 0.6) is 17.2 Å². The van der Waals surface area contributed by atoms with E-state index in [2.05, 4.69) is 10.1 Å². The maximum Gasteiger partial charge on any atom is 0.433 e. The fourth-order valence-electron chi connectivity index (χ4n) is 3.56. The van der Waals surface area contributed by atoms with Crippen LogP contribution in [-0.2, 0) is 17.5 Å². The second-order valence-electron chi connectivity index (χ2n) is 7.28. The van der Waals surface area contributed by atoms with Crippen molar-refractivity contribution in [2.45, 2.75) is 12.8 Å². The van der Waals surface area contributed by atoms with Gasteiger partial charge in [-0.25, -0.2) is 14.3 Å². The summed E-state index contributed by atoms with van der Waals surface area (Å²) >= 11 is 0. The van der Waals surface area contributed by atoms with Crippen molar-refractivity contribution < 1.29 is 36.9 Å². The Balaban J connectivity index is 1.52. The van der Waals surface area contributed by atoms with E-state index in [0.717, 1.165) is 12.3 Å². The van der Waals surface area contributed by atoms with E-state index in [9.17, 15) is 18.0 Å². The van der Waals surface area contributed by atoms with Gasteiger partial charge in [-0.15, -0.1) is 0 Å². The first-order chi connectivity index (χ1) is 16.3. The van der Waals surface area contributed by atoms with Crippen molar-refractivity contribution in [2.24, 2.45) is 0 Å². The molecule has 0 saturated carbocycles. The van der Waals surface area contributed by atoms with E-state index in [0.29, 0.717) is 32.9 Å². The Hall–Kier alpha value is -4.28. The van der Waals surface area contributed by atoms with Gasteiger partial charge < -0.3 is 18.9 Å². The first-order valence-electron chi connectivity index (χ1n) is 10.00. The average molecular weight is 471 g/mol. The Morgan fingerprint density at radius 2 is 1.91 bits per heavy atom. The number of rotatable bonds is 5. The predicted octanol–water partition coefficient (Wildman–Crippen LogP) is 4.51. The third kappa shape index (κ3) is 3.85. The zero-order valence-electron chi connectivity index (χ0n) is 17.6. The van der Waals surface area contributed by atoms with E-state index in [4.69, 9.17) is 18.9 Å². The number of hydrogen-bond acceptors (Lipinski definition) is 7. The number of carbonyl (C=O) groups is 1. The topological polar surface area (TPSA) is 84.2 Å². The third-order valence-electron chi connectivity index (χ3n) is 5.17. The maximum absolute atomic E-state index is 13.8. The molecule has 1 aliphatic heterocycles. The summed E-state index contributed by atoms with van der Waals surface area (Å²) in [7, 11) is 1.40. The highest BCUT2D eigenvalue weighted by atomic mass is 19.4. The lowest BCUT2D eigenvalue weighted by molar-refractivity contribution is -0.142. The van der Waals surface area contributed by atoms with Crippen LogP contribution >= 0.6 is 0 Å². The molecule has 0 atom stereocenters. The molecule has 34 heavy (non-hydrogen) atoms. The van der Waals surface area contributed by atoms with Crippen LogP contribution in [0.4, 0.5) is 13.2 Å². The van der Waals surface area contributed by atoms with Crippen LogP contribution in [0, 0.1) is 0 Å². The van der Waals surface area contributed by atoms with Gasteiger partial charge >= 0.3 is 12.1 Å². The number of esters is 1. The fraction of sp³-hybridized carbons (Fsp3) is 0.174. The Kier molecular flexibility index (Phi) is 5.23. The van der Waals surface area contributed by atoms with Gasteiger partial charge in [0.2, 0.25) is 6.79 Å². The molecule has 0 spiro atoms. The second kappa shape index (κ2) is 8.25. The van der Waals surface area contributed by atoms with Crippen LogP contribution in [0.3, 0.4) is 0 Å². The van der Waals surface area contributed by atoms with Crippen LogP contribution in [-0.4, -0.2) is 34.5 Å². The molecule has 11 heteroatoms. The number of alkyl halides is 3. The Morgan fingerprint density at radius 3 is 2.71 bits per heavy atom. The fourth-order valence-corrected chi connectivity index (χ4v) is 3.56. The van der Waals surface area contributed by atoms with Crippen molar-refractivity contribution in [3.63, 3.8) is 0 Å². The SMILES string of the molecule is COc1ccccc1-c1cc(C(F)(F)F)n2ncc(C(=O)OCc3ccc4c(c3)OCO4)c2n1. The van der Waals surface area contributed by atoms with Gasteiger partial charge in [0.05, 0.1) is 19.0 Å². The molecule has 2 aromatic heterocycles. The van der Waals surface area contributed by atoms with E-state index in [1.165, 1.54) is 7.11 Å². The molecule has 4 aromatic rings. The first kappa shape index (κ1) is 21.6. The van der Waals surface area contributed by atoms with Crippen molar-refractivity contribution in [3.05, 3.63) is 71.5 Å². The molecule has 0 N–H and O–H groups in total. The minimum atomic E-state index is -4.75. The minimum Gasteiger partial charge on any atom is -0.496 e. The molecular formula is C23H16F3N3O5. The van der Waals surface area contributed by atoms with Crippen LogP contribution in [0.2, 0.25) is 0 Å². The summed E-state index contributed by atoms with van der Waals surface area (Å²) < 4.78 is 63.2. The molecular weight excluding hydrogens is 455 g/mol. The Morgan fingerprint density at radius 1 is 1.12 bits per heavy atom. The van der Waals surface area contributed by atoms with Crippen molar-refractivity contribution in [1.82, 2.24) is 14.6 Å². The number of hydrogen-bond donors (Lipinski definition) is 0. The molecule has 0 bridgehead atoms. The molecule has 8 nitrogen and oxygen atoms in total. The zero-order valence-corrected chi connectivity index (χ0v) is 17.6. The minimum absolute atomic E-state index is 0.0254. The molecule has 0 fully saturated rings. The normalized spacial score (nSPS) is 12.7. The highest BCUT2D eigenvalue weighted by Crippen LogP contribution is 2.36. The predicted molar refractivity (Wildman–Crippen MR) is 112 cm³/mol. The summed E-state index contributed by atoms with van der Waals surface area (Å²) in [4.78, 5) is 17.1. The molecule has 0 radical (unpaired) electrons. The lowest BCUT2D eigenvalue weighted by Gasteiger charge is -2.13. The molecule has 0 saturated heterocycles. The van der Waals surface area contributed by atoms with Crippen LogP contribution in [0.15, 0.2) is 54.7 Å². The van der Waals surface area contributed by atoms with Crippen LogP contribution in [0.25, 0.3) is 16.9 Å². The average Bonchev–Trinajstić information content (AvgIpc) is 3.47. The molecule has 0 amide bonds. The molecule has 1 aliphatic rings. The summed E-state index contributed by atoms with van der Waals surface area (Å²) in [5.41, 5.74) is -0.656. The number of fused-ring (bicyclic) bond motifs is 2.